The Morgan fingerprint density at radius 2 is 1.78 bits per heavy atom. The fourth-order valence-electron chi connectivity index (χ4n) is 1.55. The molecule has 0 saturated carbocycles. The maximum Gasteiger partial charge on any atom is 0.287 e. The van der Waals surface area contributed by atoms with E-state index in [-0.39, 0.29) is 0 Å². The summed E-state index contributed by atoms with van der Waals surface area (Å²) in [5.74, 6) is -0.406. The van der Waals surface area contributed by atoms with Gasteiger partial charge in [-0.3, -0.25) is 9.35 Å². The van der Waals surface area contributed by atoms with Gasteiger partial charge in [-0.2, -0.15) is 8.42 Å². The van der Waals surface area contributed by atoms with Crippen molar-refractivity contribution in [3.05, 3.63) is 75.1 Å². The lowest BCUT2D eigenvalue weighted by molar-refractivity contribution is 0.0999. The molecule has 2 rings (SSSR count). The second-order valence-electron chi connectivity index (χ2n) is 4.58. The molecule has 1 amide bonds. The Balaban J connectivity index is 0.000000231. The van der Waals surface area contributed by atoms with Crippen LogP contribution in [-0.2, 0) is 10.1 Å². The first-order chi connectivity index (χ1) is 10.7. The molecular formula is C16H16BrNO4S. The molecule has 0 aliphatic carbocycles. The fourth-order valence-corrected chi connectivity index (χ4v) is 2.57. The van der Waals surface area contributed by atoms with Gasteiger partial charge in [0.2, 0.25) is 5.91 Å². The third kappa shape index (κ3) is 7.73. The van der Waals surface area contributed by atoms with Crippen LogP contribution in [0.4, 0.5) is 0 Å². The number of hydrogen-bond donors (Lipinski definition) is 2. The number of amides is 1. The zero-order valence-corrected chi connectivity index (χ0v) is 14.7. The second kappa shape index (κ2) is 8.61. The molecule has 0 saturated heterocycles. The molecular weight excluding hydrogens is 382 g/mol. The SMILES string of the molecule is Cc1ccc(C(N)=O)c(Br)c1.O=S(=O)(O)/C=C/c1ccccc1. The van der Waals surface area contributed by atoms with Crippen LogP contribution in [0.3, 0.4) is 0 Å². The Hall–Kier alpha value is -1.96. The van der Waals surface area contributed by atoms with Gasteiger partial charge in [0.1, 0.15) is 0 Å². The third-order valence-corrected chi connectivity index (χ3v) is 3.76. The van der Waals surface area contributed by atoms with E-state index in [2.05, 4.69) is 15.9 Å². The molecule has 3 N–H and O–H groups in total. The van der Waals surface area contributed by atoms with Crippen molar-refractivity contribution in [2.75, 3.05) is 0 Å². The minimum absolute atomic E-state index is 0.406. The van der Waals surface area contributed by atoms with E-state index in [0.29, 0.717) is 5.56 Å². The lowest BCUT2D eigenvalue weighted by atomic mass is 10.1. The van der Waals surface area contributed by atoms with Crippen molar-refractivity contribution in [1.82, 2.24) is 0 Å². The van der Waals surface area contributed by atoms with Gasteiger partial charge in [-0.1, -0.05) is 36.4 Å². The minimum atomic E-state index is -4.00. The van der Waals surface area contributed by atoms with Gasteiger partial charge in [0, 0.05) is 4.47 Å². The summed E-state index contributed by atoms with van der Waals surface area (Å²) in [6.45, 7) is 1.95. The molecule has 0 aromatic heterocycles. The van der Waals surface area contributed by atoms with Crippen molar-refractivity contribution >= 4 is 38.0 Å². The number of carbonyl (C=O) groups is 1. The van der Waals surface area contributed by atoms with E-state index in [1.807, 2.05) is 25.1 Å². The molecule has 0 radical (unpaired) electrons. The van der Waals surface area contributed by atoms with Crippen LogP contribution in [0.1, 0.15) is 21.5 Å². The summed E-state index contributed by atoms with van der Waals surface area (Å²) in [7, 11) is -4.00. The van der Waals surface area contributed by atoms with Gasteiger partial charge >= 0.3 is 0 Å². The molecule has 122 valence electrons. The van der Waals surface area contributed by atoms with Crippen LogP contribution in [0, 0.1) is 6.92 Å². The Labute approximate surface area is 143 Å². The van der Waals surface area contributed by atoms with Gasteiger partial charge in [-0.25, -0.2) is 0 Å². The van der Waals surface area contributed by atoms with Gasteiger partial charge in [0.15, 0.2) is 0 Å². The number of rotatable bonds is 3. The summed E-state index contributed by atoms with van der Waals surface area (Å²) in [6.07, 6.45) is 1.33. The van der Waals surface area contributed by atoms with Gasteiger partial charge in [-0.05, 0) is 52.2 Å². The Morgan fingerprint density at radius 3 is 2.26 bits per heavy atom. The quantitative estimate of drug-likeness (QED) is 0.775. The molecule has 0 fully saturated rings. The highest BCUT2D eigenvalue weighted by Crippen LogP contribution is 2.17. The van der Waals surface area contributed by atoms with Crippen molar-refractivity contribution in [2.45, 2.75) is 6.92 Å². The summed E-state index contributed by atoms with van der Waals surface area (Å²) in [4.78, 5) is 10.7. The number of aryl methyl sites for hydroxylation is 1. The molecule has 2 aromatic carbocycles. The average Bonchev–Trinajstić information content (AvgIpc) is 2.46. The lowest BCUT2D eigenvalue weighted by Gasteiger charge is -1.99. The molecule has 23 heavy (non-hydrogen) atoms. The Kier molecular flexibility index (Phi) is 7.15. The predicted molar refractivity (Wildman–Crippen MR) is 94.4 cm³/mol. The summed E-state index contributed by atoms with van der Waals surface area (Å²) >= 11 is 3.25. The predicted octanol–water partition coefficient (Wildman–Crippen LogP) is 3.40. The number of primary amides is 1. The highest BCUT2D eigenvalue weighted by Gasteiger charge is 2.04. The van der Waals surface area contributed by atoms with E-state index >= 15 is 0 Å². The normalized spacial score (nSPS) is 10.9. The van der Waals surface area contributed by atoms with Crippen LogP contribution in [0.2, 0.25) is 0 Å². The first kappa shape index (κ1) is 19.1. The van der Waals surface area contributed by atoms with Crippen molar-refractivity contribution < 1.29 is 17.8 Å². The zero-order valence-electron chi connectivity index (χ0n) is 12.3. The summed E-state index contributed by atoms with van der Waals surface area (Å²) in [5, 5.41) is 0.752. The number of carbonyl (C=O) groups excluding carboxylic acids is 1. The smallest absolute Gasteiger partial charge is 0.287 e. The van der Waals surface area contributed by atoms with E-state index in [4.69, 9.17) is 10.3 Å². The van der Waals surface area contributed by atoms with Crippen LogP contribution < -0.4 is 5.73 Å². The van der Waals surface area contributed by atoms with Crippen molar-refractivity contribution in [3.8, 4) is 0 Å². The van der Waals surface area contributed by atoms with Crippen molar-refractivity contribution in [3.63, 3.8) is 0 Å². The minimum Gasteiger partial charge on any atom is -0.366 e. The van der Waals surface area contributed by atoms with Gasteiger partial charge in [-0.15, -0.1) is 0 Å². The monoisotopic (exact) mass is 397 g/mol. The van der Waals surface area contributed by atoms with E-state index in [1.165, 1.54) is 6.08 Å². The van der Waals surface area contributed by atoms with Gasteiger partial charge in [0.25, 0.3) is 10.1 Å². The summed E-state index contributed by atoms with van der Waals surface area (Å²) < 4.78 is 29.7. The maximum absolute atomic E-state index is 10.7. The molecule has 5 nitrogen and oxygen atoms in total. The maximum atomic E-state index is 10.7. The third-order valence-electron chi connectivity index (χ3n) is 2.62. The van der Waals surface area contributed by atoms with Crippen molar-refractivity contribution in [1.29, 1.82) is 0 Å². The van der Waals surface area contributed by atoms with Gasteiger partial charge < -0.3 is 5.73 Å². The first-order valence-corrected chi connectivity index (χ1v) is 8.75. The standard InChI is InChI=1S/C8H8BrNO.C8H8O3S/c1-5-2-3-6(8(10)11)7(9)4-5;9-12(10,11)7-6-8-4-2-1-3-5-8/h2-4H,1H3,(H2,10,11);1-7H,(H,9,10,11)/b;7-6+. The molecule has 0 heterocycles. The second-order valence-corrected chi connectivity index (χ2v) is 6.73. The molecule has 7 heteroatoms. The lowest BCUT2D eigenvalue weighted by Crippen LogP contribution is -2.11. The van der Waals surface area contributed by atoms with E-state index in [9.17, 15) is 13.2 Å². The summed E-state index contributed by atoms with van der Waals surface area (Å²) in [6, 6.07) is 14.3. The van der Waals surface area contributed by atoms with Crippen LogP contribution in [0.25, 0.3) is 6.08 Å². The number of benzene rings is 2. The van der Waals surface area contributed by atoms with Crippen LogP contribution in [0.5, 0.6) is 0 Å². The first-order valence-electron chi connectivity index (χ1n) is 6.45. The number of nitrogens with two attached hydrogens (primary N) is 1. The Morgan fingerprint density at radius 1 is 1.17 bits per heavy atom. The molecule has 0 aliphatic heterocycles. The largest absolute Gasteiger partial charge is 0.366 e. The zero-order chi connectivity index (χ0) is 17.5. The molecule has 2 aromatic rings. The van der Waals surface area contributed by atoms with Crippen molar-refractivity contribution in [2.24, 2.45) is 5.73 Å². The summed E-state index contributed by atoms with van der Waals surface area (Å²) in [5.41, 5.74) is 7.45. The van der Waals surface area contributed by atoms with Crippen LogP contribution in [0.15, 0.2) is 58.4 Å². The molecule has 0 atom stereocenters. The number of halogens is 1. The number of hydrogen-bond acceptors (Lipinski definition) is 3. The molecule has 0 spiro atoms. The Bertz CT molecular complexity index is 802. The highest BCUT2D eigenvalue weighted by molar-refractivity contribution is 9.10. The molecule has 0 bridgehead atoms. The van der Waals surface area contributed by atoms with Crippen LogP contribution in [-0.4, -0.2) is 18.9 Å². The van der Waals surface area contributed by atoms with E-state index in [0.717, 1.165) is 21.0 Å². The molecule has 0 unspecified atom stereocenters. The fraction of sp³-hybridized carbons (Fsp3) is 0.0625. The van der Waals surface area contributed by atoms with Crippen LogP contribution >= 0.6 is 15.9 Å². The average molecular weight is 398 g/mol. The highest BCUT2D eigenvalue weighted by atomic mass is 79.9. The van der Waals surface area contributed by atoms with E-state index < -0.39 is 16.0 Å². The topological polar surface area (TPSA) is 97.5 Å². The molecule has 0 aliphatic rings. The van der Waals surface area contributed by atoms with Gasteiger partial charge in [0.05, 0.1) is 11.0 Å². The van der Waals surface area contributed by atoms with E-state index in [1.54, 1.807) is 30.3 Å².